The van der Waals surface area contributed by atoms with Gasteiger partial charge in [0.2, 0.25) is 0 Å². The van der Waals surface area contributed by atoms with Gasteiger partial charge in [-0.05, 0) is 18.1 Å². The fourth-order valence-electron chi connectivity index (χ4n) is 2.05. The van der Waals surface area contributed by atoms with Crippen LogP contribution in [0.25, 0.3) is 0 Å². The van der Waals surface area contributed by atoms with Crippen molar-refractivity contribution in [2.75, 3.05) is 6.67 Å². The van der Waals surface area contributed by atoms with Crippen molar-refractivity contribution in [2.45, 2.75) is 19.9 Å². The molecule has 0 saturated carbocycles. The van der Waals surface area contributed by atoms with E-state index in [2.05, 4.69) is 0 Å². The van der Waals surface area contributed by atoms with Crippen molar-refractivity contribution in [2.24, 2.45) is 5.92 Å². The highest BCUT2D eigenvalue weighted by Gasteiger charge is 2.40. The van der Waals surface area contributed by atoms with Gasteiger partial charge >= 0.3 is 0 Å². The summed E-state index contributed by atoms with van der Waals surface area (Å²) in [5.41, 5.74) is 0.744. The van der Waals surface area contributed by atoms with Crippen LogP contribution >= 0.6 is 0 Å². The third-order valence-electron chi connectivity index (χ3n) is 3.08. The van der Waals surface area contributed by atoms with Crippen molar-refractivity contribution in [3.8, 4) is 0 Å². The predicted molar refractivity (Wildman–Crippen MR) is 61.5 cm³/mol. The summed E-state index contributed by atoms with van der Waals surface area (Å²) < 4.78 is 13.0. The molecule has 0 fully saturated rings. The number of fused-ring (bicyclic) bond motifs is 1. The van der Waals surface area contributed by atoms with Gasteiger partial charge in [0.15, 0.2) is 0 Å². The SMILES string of the molecule is CC(C)[C@@H](CF)N1C(=O)c2ccccc2C1=O. The first-order chi connectivity index (χ1) is 8.07. The molecule has 17 heavy (non-hydrogen) atoms. The molecule has 1 heterocycles. The van der Waals surface area contributed by atoms with Gasteiger partial charge < -0.3 is 0 Å². The number of alkyl halides is 1. The van der Waals surface area contributed by atoms with E-state index in [0.29, 0.717) is 11.1 Å². The number of hydrogen-bond acceptors (Lipinski definition) is 2. The first-order valence-electron chi connectivity index (χ1n) is 5.60. The Bertz CT molecular complexity index is 435. The fraction of sp³-hybridized carbons (Fsp3) is 0.385. The average molecular weight is 235 g/mol. The van der Waals surface area contributed by atoms with E-state index in [9.17, 15) is 14.0 Å². The zero-order chi connectivity index (χ0) is 12.6. The van der Waals surface area contributed by atoms with Crippen LogP contribution in [0.5, 0.6) is 0 Å². The van der Waals surface area contributed by atoms with Gasteiger partial charge in [-0.15, -0.1) is 0 Å². The normalized spacial score (nSPS) is 16.6. The average Bonchev–Trinajstić information content (AvgIpc) is 2.56. The Kier molecular flexibility index (Phi) is 2.96. The second-order valence-electron chi connectivity index (χ2n) is 4.49. The fourth-order valence-corrected chi connectivity index (χ4v) is 2.05. The highest BCUT2D eigenvalue weighted by molar-refractivity contribution is 6.21. The molecule has 0 aliphatic carbocycles. The zero-order valence-corrected chi connectivity index (χ0v) is 9.81. The quantitative estimate of drug-likeness (QED) is 0.754. The minimum Gasteiger partial charge on any atom is -0.269 e. The third kappa shape index (κ3) is 1.73. The second kappa shape index (κ2) is 4.28. The lowest BCUT2D eigenvalue weighted by Crippen LogP contribution is -2.44. The molecule has 2 amide bonds. The summed E-state index contributed by atoms with van der Waals surface area (Å²) in [6.07, 6.45) is 0. The van der Waals surface area contributed by atoms with Gasteiger partial charge in [-0.25, -0.2) is 4.39 Å². The van der Waals surface area contributed by atoms with E-state index >= 15 is 0 Å². The van der Waals surface area contributed by atoms with E-state index < -0.39 is 12.7 Å². The number of nitrogens with zero attached hydrogens (tertiary/aromatic N) is 1. The zero-order valence-electron chi connectivity index (χ0n) is 9.81. The maximum atomic E-state index is 13.0. The molecule has 0 radical (unpaired) electrons. The number of halogens is 1. The van der Waals surface area contributed by atoms with Gasteiger partial charge in [-0.1, -0.05) is 26.0 Å². The summed E-state index contributed by atoms with van der Waals surface area (Å²) in [5, 5.41) is 0. The number of amides is 2. The van der Waals surface area contributed by atoms with Crippen molar-refractivity contribution in [1.29, 1.82) is 0 Å². The van der Waals surface area contributed by atoms with Crippen molar-refractivity contribution in [3.05, 3.63) is 35.4 Å². The van der Waals surface area contributed by atoms with Crippen LogP contribution in [0.1, 0.15) is 34.6 Å². The highest BCUT2D eigenvalue weighted by Crippen LogP contribution is 2.27. The van der Waals surface area contributed by atoms with Crippen molar-refractivity contribution >= 4 is 11.8 Å². The van der Waals surface area contributed by atoms with Crippen LogP contribution in [0.15, 0.2) is 24.3 Å². The van der Waals surface area contributed by atoms with Gasteiger partial charge in [0.05, 0.1) is 17.2 Å². The van der Waals surface area contributed by atoms with Crippen LogP contribution in [-0.2, 0) is 0 Å². The summed E-state index contributed by atoms with van der Waals surface area (Å²) in [6, 6.07) is 5.93. The molecule has 0 aromatic heterocycles. The van der Waals surface area contributed by atoms with Crippen LogP contribution in [0, 0.1) is 5.92 Å². The molecule has 0 N–H and O–H groups in total. The van der Waals surface area contributed by atoms with E-state index in [1.807, 2.05) is 0 Å². The van der Waals surface area contributed by atoms with Crippen LogP contribution in [0.4, 0.5) is 4.39 Å². The van der Waals surface area contributed by atoms with Crippen LogP contribution < -0.4 is 0 Å². The Hall–Kier alpha value is -1.71. The number of carbonyl (C=O) groups excluding carboxylic acids is 2. The van der Waals surface area contributed by atoms with E-state index in [1.165, 1.54) is 0 Å². The van der Waals surface area contributed by atoms with Crippen molar-refractivity contribution in [1.82, 2.24) is 4.90 Å². The largest absolute Gasteiger partial charge is 0.269 e. The lowest BCUT2D eigenvalue weighted by atomic mass is 10.0. The standard InChI is InChI=1S/C13H14FNO2/c1-8(2)11(7-14)15-12(16)9-5-3-4-6-10(9)13(15)17/h3-6,8,11H,7H2,1-2H3/t11-/m1/s1. The Morgan fingerprint density at radius 1 is 1.12 bits per heavy atom. The minimum absolute atomic E-state index is 0.0952. The number of imide groups is 1. The topological polar surface area (TPSA) is 37.4 Å². The van der Waals surface area contributed by atoms with Gasteiger partial charge in [0.25, 0.3) is 11.8 Å². The summed E-state index contributed by atoms with van der Waals surface area (Å²) in [5.74, 6) is -0.869. The first-order valence-corrected chi connectivity index (χ1v) is 5.60. The molecule has 4 heteroatoms. The van der Waals surface area contributed by atoms with E-state index in [1.54, 1.807) is 38.1 Å². The Morgan fingerprint density at radius 2 is 1.59 bits per heavy atom. The van der Waals surface area contributed by atoms with E-state index in [4.69, 9.17) is 0 Å². The van der Waals surface area contributed by atoms with Gasteiger partial charge in [-0.3, -0.25) is 14.5 Å². The van der Waals surface area contributed by atoms with Gasteiger partial charge in [0, 0.05) is 0 Å². The molecule has 0 saturated heterocycles. The monoisotopic (exact) mass is 235 g/mol. The number of hydrogen-bond donors (Lipinski definition) is 0. The molecule has 3 nitrogen and oxygen atoms in total. The predicted octanol–water partition coefficient (Wildman–Crippen LogP) is 2.28. The molecule has 1 atom stereocenters. The lowest BCUT2D eigenvalue weighted by molar-refractivity contribution is 0.0508. The summed E-state index contributed by atoms with van der Waals surface area (Å²) in [6.45, 7) is 2.89. The van der Waals surface area contributed by atoms with Gasteiger partial charge in [-0.2, -0.15) is 0 Å². The molecule has 0 spiro atoms. The molecule has 0 unspecified atom stereocenters. The lowest BCUT2D eigenvalue weighted by Gasteiger charge is -2.26. The number of carbonyl (C=O) groups is 2. The number of benzene rings is 1. The molecule has 90 valence electrons. The second-order valence-corrected chi connectivity index (χ2v) is 4.49. The molecule has 0 bridgehead atoms. The molecular formula is C13H14FNO2. The molecule has 1 aromatic rings. The smallest absolute Gasteiger partial charge is 0.261 e. The minimum atomic E-state index is -0.705. The molecular weight excluding hydrogens is 221 g/mol. The first kappa shape index (κ1) is 11.8. The van der Waals surface area contributed by atoms with Crippen LogP contribution in [0.3, 0.4) is 0 Å². The molecule has 1 aromatic carbocycles. The summed E-state index contributed by atoms with van der Waals surface area (Å²) in [7, 11) is 0. The van der Waals surface area contributed by atoms with E-state index in [-0.39, 0.29) is 17.7 Å². The molecule has 1 aliphatic heterocycles. The molecule has 1 aliphatic rings. The Morgan fingerprint density at radius 3 is 1.94 bits per heavy atom. The maximum Gasteiger partial charge on any atom is 0.261 e. The summed E-state index contributed by atoms with van der Waals surface area (Å²) >= 11 is 0. The van der Waals surface area contributed by atoms with Gasteiger partial charge in [0.1, 0.15) is 6.67 Å². The third-order valence-corrected chi connectivity index (χ3v) is 3.08. The molecule has 2 rings (SSSR count). The van der Waals surface area contributed by atoms with Crippen molar-refractivity contribution in [3.63, 3.8) is 0 Å². The highest BCUT2D eigenvalue weighted by atomic mass is 19.1. The Balaban J connectivity index is 2.42. The Labute approximate surface area is 99.2 Å². The number of rotatable bonds is 3. The van der Waals surface area contributed by atoms with Crippen LogP contribution in [0.2, 0.25) is 0 Å². The summed E-state index contributed by atoms with van der Waals surface area (Å²) in [4.78, 5) is 25.2. The maximum absolute atomic E-state index is 13.0. The van der Waals surface area contributed by atoms with E-state index in [0.717, 1.165) is 4.90 Å². The van der Waals surface area contributed by atoms with Crippen LogP contribution in [-0.4, -0.2) is 29.4 Å². The van der Waals surface area contributed by atoms with Crippen molar-refractivity contribution < 1.29 is 14.0 Å².